The normalized spacial score (nSPS) is 11.0. The summed E-state index contributed by atoms with van der Waals surface area (Å²) in [5.74, 6) is 0.294. The minimum Gasteiger partial charge on any atom is -0.488 e. The Labute approximate surface area is 187 Å². The van der Waals surface area contributed by atoms with Crippen LogP contribution in [0.3, 0.4) is 0 Å². The predicted octanol–water partition coefficient (Wildman–Crippen LogP) is 7.12. The summed E-state index contributed by atoms with van der Waals surface area (Å²) in [5.41, 5.74) is 2.05. The van der Waals surface area contributed by atoms with E-state index in [4.69, 9.17) is 27.9 Å². The minimum absolute atomic E-state index is 0.0599. The van der Waals surface area contributed by atoms with E-state index in [1.54, 1.807) is 60.7 Å². The molecular weight excluding hydrogens is 473 g/mol. The first-order chi connectivity index (χ1) is 14.0. The van der Waals surface area contributed by atoms with Gasteiger partial charge in [-0.25, -0.2) is 0 Å². The molecule has 0 unspecified atom stereocenters. The third kappa shape index (κ3) is 5.48. The molecule has 0 N–H and O–H groups in total. The highest BCUT2D eigenvalue weighted by Crippen LogP contribution is 2.29. The van der Waals surface area contributed by atoms with Crippen LogP contribution in [-0.4, -0.2) is 5.78 Å². The quantitative estimate of drug-likeness (QED) is 0.211. The summed E-state index contributed by atoms with van der Waals surface area (Å²) in [5, 5.41) is 10.5. The van der Waals surface area contributed by atoms with Crippen LogP contribution in [0.5, 0.6) is 5.75 Å². The monoisotopic (exact) mass is 485 g/mol. The first kappa shape index (κ1) is 21.1. The molecule has 6 heteroatoms. The van der Waals surface area contributed by atoms with Crippen molar-refractivity contribution in [3.63, 3.8) is 0 Å². The van der Waals surface area contributed by atoms with E-state index in [1.807, 2.05) is 18.2 Å². The van der Waals surface area contributed by atoms with Gasteiger partial charge < -0.3 is 4.74 Å². The van der Waals surface area contributed by atoms with Crippen LogP contribution in [0.15, 0.2) is 76.8 Å². The van der Waals surface area contributed by atoms with Crippen molar-refractivity contribution in [1.82, 2.24) is 0 Å². The molecule has 0 spiro atoms. The topological polar surface area (TPSA) is 50.1 Å². The molecule has 3 nitrogen and oxygen atoms in total. The van der Waals surface area contributed by atoms with E-state index in [2.05, 4.69) is 15.9 Å². The highest BCUT2D eigenvalue weighted by Gasteiger charge is 2.12. The Morgan fingerprint density at radius 1 is 1.07 bits per heavy atom. The summed E-state index contributed by atoms with van der Waals surface area (Å²) >= 11 is 15.5. The Balaban J connectivity index is 1.77. The van der Waals surface area contributed by atoms with Crippen LogP contribution in [0, 0.1) is 11.3 Å². The smallest absolute Gasteiger partial charge is 0.203 e. The zero-order valence-corrected chi connectivity index (χ0v) is 18.1. The number of hydrogen-bond acceptors (Lipinski definition) is 3. The van der Waals surface area contributed by atoms with E-state index in [0.717, 1.165) is 5.56 Å². The summed E-state index contributed by atoms with van der Waals surface area (Å²) in [6.45, 7) is 0.278. The van der Waals surface area contributed by atoms with Crippen LogP contribution in [0.1, 0.15) is 21.5 Å². The molecule has 29 heavy (non-hydrogen) atoms. The molecule has 0 bridgehead atoms. The Morgan fingerprint density at radius 3 is 2.48 bits per heavy atom. The van der Waals surface area contributed by atoms with Gasteiger partial charge in [-0.1, -0.05) is 65.7 Å². The summed E-state index contributed by atoms with van der Waals surface area (Å²) in [7, 11) is 0. The average molecular weight is 487 g/mol. The highest BCUT2D eigenvalue weighted by molar-refractivity contribution is 9.10. The number of benzene rings is 3. The summed E-state index contributed by atoms with van der Waals surface area (Å²) in [6.07, 6.45) is 1.56. The molecule has 0 radical (unpaired) electrons. The maximum atomic E-state index is 12.5. The Hall–Kier alpha value is -2.58. The second-order valence-electron chi connectivity index (χ2n) is 6.08. The second-order valence-corrected chi connectivity index (χ2v) is 7.78. The first-order valence-electron chi connectivity index (χ1n) is 8.56. The van der Waals surface area contributed by atoms with Crippen molar-refractivity contribution in [2.24, 2.45) is 0 Å². The molecular formula is C23H14BrCl2NO2. The number of ketones is 1. The van der Waals surface area contributed by atoms with Crippen molar-refractivity contribution in [2.45, 2.75) is 6.61 Å². The number of nitriles is 1. The number of allylic oxidation sites excluding steroid dienone is 1. The third-order valence-electron chi connectivity index (χ3n) is 4.07. The van der Waals surface area contributed by atoms with Gasteiger partial charge in [0.25, 0.3) is 0 Å². The van der Waals surface area contributed by atoms with Crippen molar-refractivity contribution in [1.29, 1.82) is 5.26 Å². The van der Waals surface area contributed by atoms with Crippen LogP contribution < -0.4 is 4.74 Å². The fraction of sp³-hybridized carbons (Fsp3) is 0.0435. The maximum absolute atomic E-state index is 12.5. The van der Waals surface area contributed by atoms with E-state index in [-0.39, 0.29) is 18.0 Å². The molecule has 0 aliphatic heterocycles. The molecule has 0 fully saturated rings. The molecule has 0 atom stereocenters. The van der Waals surface area contributed by atoms with E-state index >= 15 is 0 Å². The van der Waals surface area contributed by atoms with Gasteiger partial charge in [-0.3, -0.25) is 4.79 Å². The molecule has 0 saturated heterocycles. The van der Waals surface area contributed by atoms with E-state index < -0.39 is 0 Å². The summed E-state index contributed by atoms with van der Waals surface area (Å²) in [6, 6.07) is 21.2. The molecule has 0 amide bonds. The van der Waals surface area contributed by atoms with Crippen LogP contribution in [0.4, 0.5) is 0 Å². The SMILES string of the molecule is N#CC(=Cc1ccc(OCc2ccc(Cl)cc2Cl)c(Br)c1)C(=O)c1ccccc1. The molecule has 0 saturated carbocycles. The third-order valence-corrected chi connectivity index (χ3v) is 5.27. The lowest BCUT2D eigenvalue weighted by Gasteiger charge is -2.10. The summed E-state index contributed by atoms with van der Waals surface area (Å²) in [4.78, 5) is 12.5. The molecule has 0 aromatic heterocycles. The van der Waals surface area contributed by atoms with Gasteiger partial charge in [-0.15, -0.1) is 0 Å². The Bertz CT molecular complexity index is 1120. The zero-order valence-electron chi connectivity index (χ0n) is 15.0. The number of nitrogens with zero attached hydrogens (tertiary/aromatic N) is 1. The van der Waals surface area contributed by atoms with Gasteiger partial charge in [0.2, 0.25) is 5.78 Å². The van der Waals surface area contributed by atoms with Crippen molar-refractivity contribution in [3.8, 4) is 11.8 Å². The summed E-state index contributed by atoms with van der Waals surface area (Å²) < 4.78 is 6.51. The van der Waals surface area contributed by atoms with E-state index in [0.29, 0.717) is 31.4 Å². The van der Waals surface area contributed by atoms with Gasteiger partial charge in [-0.05, 0) is 51.8 Å². The Morgan fingerprint density at radius 2 is 1.83 bits per heavy atom. The van der Waals surface area contributed by atoms with Crippen molar-refractivity contribution >= 4 is 51.0 Å². The fourth-order valence-corrected chi connectivity index (χ4v) is 3.55. The molecule has 3 aromatic rings. The van der Waals surface area contributed by atoms with Crippen LogP contribution in [0.2, 0.25) is 10.0 Å². The van der Waals surface area contributed by atoms with Crippen LogP contribution in [-0.2, 0) is 6.61 Å². The van der Waals surface area contributed by atoms with Gasteiger partial charge in [0.1, 0.15) is 24.0 Å². The highest BCUT2D eigenvalue weighted by atomic mass is 79.9. The molecule has 0 aliphatic carbocycles. The number of carbonyl (C=O) groups is 1. The number of Topliss-reactive ketones (excluding diaryl/α,β-unsaturated/α-hetero) is 1. The Kier molecular flexibility index (Phi) is 7.11. The molecule has 3 aromatic carbocycles. The molecule has 3 rings (SSSR count). The number of halogens is 3. The van der Waals surface area contributed by atoms with Crippen LogP contribution in [0.25, 0.3) is 6.08 Å². The van der Waals surface area contributed by atoms with Crippen molar-refractivity contribution in [2.75, 3.05) is 0 Å². The van der Waals surface area contributed by atoms with Gasteiger partial charge in [0, 0.05) is 21.2 Å². The molecule has 0 heterocycles. The molecule has 0 aliphatic rings. The van der Waals surface area contributed by atoms with Crippen molar-refractivity contribution < 1.29 is 9.53 Å². The first-order valence-corrected chi connectivity index (χ1v) is 10.1. The number of ether oxygens (including phenoxy) is 1. The van der Waals surface area contributed by atoms with Gasteiger partial charge >= 0.3 is 0 Å². The van der Waals surface area contributed by atoms with Gasteiger partial charge in [-0.2, -0.15) is 5.26 Å². The maximum Gasteiger partial charge on any atom is 0.203 e. The van der Waals surface area contributed by atoms with E-state index in [9.17, 15) is 10.1 Å². The lowest BCUT2D eigenvalue weighted by molar-refractivity contribution is 0.104. The van der Waals surface area contributed by atoms with E-state index in [1.165, 1.54) is 0 Å². The average Bonchev–Trinajstić information content (AvgIpc) is 2.72. The largest absolute Gasteiger partial charge is 0.488 e. The predicted molar refractivity (Wildman–Crippen MR) is 119 cm³/mol. The van der Waals surface area contributed by atoms with Crippen molar-refractivity contribution in [3.05, 3.63) is 104 Å². The fourth-order valence-electron chi connectivity index (χ4n) is 2.58. The lowest BCUT2D eigenvalue weighted by Crippen LogP contribution is -2.01. The van der Waals surface area contributed by atoms with Crippen LogP contribution >= 0.6 is 39.1 Å². The lowest BCUT2D eigenvalue weighted by atomic mass is 10.0. The second kappa shape index (κ2) is 9.76. The van der Waals surface area contributed by atoms with Gasteiger partial charge in [0.05, 0.1) is 4.47 Å². The number of carbonyl (C=O) groups excluding carboxylic acids is 1. The number of rotatable bonds is 6. The molecule has 144 valence electrons. The number of hydrogen-bond donors (Lipinski definition) is 0. The standard InChI is InChI=1S/C23H14BrCl2NO2/c24-20-11-15(10-18(13-27)23(28)16-4-2-1-3-5-16)6-9-22(20)29-14-17-7-8-19(25)12-21(17)26/h1-12H,14H2. The van der Waals surface area contributed by atoms with Gasteiger partial charge in [0.15, 0.2) is 0 Å². The zero-order chi connectivity index (χ0) is 20.8. The minimum atomic E-state index is -0.318.